The maximum absolute atomic E-state index is 11.9. The summed E-state index contributed by atoms with van der Waals surface area (Å²) in [6, 6.07) is 8.06. The third-order valence-electron chi connectivity index (χ3n) is 3.14. The van der Waals surface area contributed by atoms with E-state index in [1.807, 2.05) is 0 Å². The summed E-state index contributed by atoms with van der Waals surface area (Å²) in [6.45, 7) is 0.639. The number of rotatable bonds is 6. The first-order valence-corrected chi connectivity index (χ1v) is 9.68. The molecule has 20 heavy (non-hydrogen) atoms. The number of hydrogen-bond donors (Lipinski definition) is 2. The molecule has 112 valence electrons. The van der Waals surface area contributed by atoms with E-state index in [0.29, 0.717) is 13.0 Å². The number of nitrogens with one attached hydrogen (secondary N) is 2. The van der Waals surface area contributed by atoms with Gasteiger partial charge in [-0.15, -0.1) is 0 Å². The minimum absolute atomic E-state index is 0.0683. The summed E-state index contributed by atoms with van der Waals surface area (Å²) in [5.74, 6) is 0.346. The molecule has 2 rings (SSSR count). The van der Waals surface area contributed by atoms with Gasteiger partial charge in [-0.3, -0.25) is 0 Å². The Labute approximate surface area is 119 Å². The van der Waals surface area contributed by atoms with Gasteiger partial charge in [0, 0.05) is 19.1 Å². The molecule has 0 saturated carbocycles. The summed E-state index contributed by atoms with van der Waals surface area (Å²) in [5.41, 5.74) is 0. The van der Waals surface area contributed by atoms with Crippen molar-refractivity contribution in [2.75, 3.05) is 24.6 Å². The summed E-state index contributed by atoms with van der Waals surface area (Å²) in [6.07, 6.45) is 0.591. The Morgan fingerprint density at radius 1 is 1.15 bits per heavy atom. The van der Waals surface area contributed by atoms with E-state index in [1.54, 1.807) is 18.2 Å². The molecule has 1 heterocycles. The molecule has 0 unspecified atom stereocenters. The van der Waals surface area contributed by atoms with Crippen LogP contribution in [0.5, 0.6) is 0 Å². The van der Waals surface area contributed by atoms with Gasteiger partial charge in [-0.25, -0.2) is 21.6 Å². The zero-order valence-electron chi connectivity index (χ0n) is 10.9. The van der Waals surface area contributed by atoms with Crippen molar-refractivity contribution in [1.29, 1.82) is 0 Å². The molecule has 1 aliphatic rings. The Balaban J connectivity index is 1.77. The molecule has 1 aromatic carbocycles. The SMILES string of the molecule is O=S1(=O)CC[C@H](NCCNS(=O)(=O)c2ccccc2)C1. The molecule has 1 atom stereocenters. The lowest BCUT2D eigenvalue weighted by atomic mass is 10.3. The lowest BCUT2D eigenvalue weighted by Gasteiger charge is -2.11. The summed E-state index contributed by atoms with van der Waals surface area (Å²) in [4.78, 5) is 0.225. The molecule has 0 aliphatic carbocycles. The van der Waals surface area contributed by atoms with Gasteiger partial charge in [0.25, 0.3) is 0 Å². The molecule has 0 aromatic heterocycles. The molecule has 0 spiro atoms. The van der Waals surface area contributed by atoms with Crippen molar-refractivity contribution in [1.82, 2.24) is 10.0 Å². The molecule has 1 saturated heterocycles. The molecule has 1 fully saturated rings. The summed E-state index contributed by atoms with van der Waals surface area (Å²) >= 11 is 0. The largest absolute Gasteiger partial charge is 0.312 e. The fraction of sp³-hybridized carbons (Fsp3) is 0.500. The van der Waals surface area contributed by atoms with Gasteiger partial charge in [0.2, 0.25) is 10.0 Å². The number of benzene rings is 1. The minimum Gasteiger partial charge on any atom is -0.312 e. The normalized spacial score (nSPS) is 21.9. The first-order chi connectivity index (χ1) is 9.39. The van der Waals surface area contributed by atoms with Gasteiger partial charge in [-0.05, 0) is 18.6 Å². The van der Waals surface area contributed by atoms with E-state index in [-0.39, 0.29) is 29.0 Å². The predicted molar refractivity (Wildman–Crippen MR) is 76.7 cm³/mol. The van der Waals surface area contributed by atoms with Crippen LogP contribution in [-0.4, -0.2) is 47.5 Å². The van der Waals surface area contributed by atoms with E-state index >= 15 is 0 Å². The summed E-state index contributed by atoms with van der Waals surface area (Å²) in [7, 11) is -6.39. The maximum atomic E-state index is 11.9. The second-order valence-corrected chi connectivity index (χ2v) is 8.76. The third kappa shape index (κ3) is 4.27. The third-order valence-corrected chi connectivity index (χ3v) is 6.38. The van der Waals surface area contributed by atoms with Crippen LogP contribution in [0.15, 0.2) is 35.2 Å². The highest BCUT2D eigenvalue weighted by atomic mass is 32.2. The van der Waals surface area contributed by atoms with Crippen LogP contribution in [-0.2, 0) is 19.9 Å². The van der Waals surface area contributed by atoms with Crippen LogP contribution in [0.1, 0.15) is 6.42 Å². The van der Waals surface area contributed by atoms with Gasteiger partial charge < -0.3 is 5.32 Å². The number of sulfonamides is 1. The van der Waals surface area contributed by atoms with Crippen LogP contribution >= 0.6 is 0 Å². The van der Waals surface area contributed by atoms with Crippen molar-refractivity contribution in [3.63, 3.8) is 0 Å². The first-order valence-electron chi connectivity index (χ1n) is 6.38. The maximum Gasteiger partial charge on any atom is 0.240 e. The van der Waals surface area contributed by atoms with Crippen molar-refractivity contribution in [3.8, 4) is 0 Å². The average Bonchev–Trinajstić information content (AvgIpc) is 2.75. The molecular weight excluding hydrogens is 300 g/mol. The lowest BCUT2D eigenvalue weighted by molar-refractivity contribution is 0.542. The Morgan fingerprint density at radius 2 is 1.85 bits per heavy atom. The number of hydrogen-bond acceptors (Lipinski definition) is 5. The lowest BCUT2D eigenvalue weighted by Crippen LogP contribution is -2.37. The standard InChI is InChI=1S/C12H18N2O4S2/c15-19(16)9-6-11(10-19)13-7-8-14-20(17,18)12-4-2-1-3-5-12/h1-5,11,13-14H,6-10H2/t11-/m0/s1. The zero-order valence-corrected chi connectivity index (χ0v) is 12.6. The zero-order chi connectivity index (χ0) is 14.6. The smallest absolute Gasteiger partial charge is 0.240 e. The topological polar surface area (TPSA) is 92.3 Å². The highest BCUT2D eigenvalue weighted by Crippen LogP contribution is 2.10. The Morgan fingerprint density at radius 3 is 2.45 bits per heavy atom. The van der Waals surface area contributed by atoms with Crippen molar-refractivity contribution in [3.05, 3.63) is 30.3 Å². The van der Waals surface area contributed by atoms with E-state index in [9.17, 15) is 16.8 Å². The Hall–Kier alpha value is -0.960. The highest BCUT2D eigenvalue weighted by Gasteiger charge is 2.27. The monoisotopic (exact) mass is 318 g/mol. The van der Waals surface area contributed by atoms with Gasteiger partial charge in [-0.2, -0.15) is 0 Å². The molecule has 0 bridgehead atoms. The van der Waals surface area contributed by atoms with Gasteiger partial charge in [0.15, 0.2) is 9.84 Å². The van der Waals surface area contributed by atoms with Gasteiger partial charge in [0.05, 0.1) is 16.4 Å². The van der Waals surface area contributed by atoms with Crippen molar-refractivity contribution in [2.24, 2.45) is 0 Å². The molecule has 2 N–H and O–H groups in total. The van der Waals surface area contributed by atoms with E-state index in [0.717, 1.165) is 0 Å². The molecule has 8 heteroatoms. The number of sulfone groups is 1. The van der Waals surface area contributed by atoms with E-state index in [2.05, 4.69) is 10.0 Å². The second kappa shape index (κ2) is 6.21. The molecule has 1 aromatic rings. The Kier molecular flexibility index (Phi) is 4.79. The minimum atomic E-state index is -3.49. The van der Waals surface area contributed by atoms with Crippen LogP contribution < -0.4 is 10.0 Å². The van der Waals surface area contributed by atoms with Crippen molar-refractivity contribution < 1.29 is 16.8 Å². The van der Waals surface area contributed by atoms with Crippen LogP contribution in [0.2, 0.25) is 0 Å². The van der Waals surface area contributed by atoms with E-state index < -0.39 is 19.9 Å². The summed E-state index contributed by atoms with van der Waals surface area (Å²) < 4.78 is 48.8. The predicted octanol–water partition coefficient (Wildman–Crippen LogP) is -0.258. The van der Waals surface area contributed by atoms with E-state index in [1.165, 1.54) is 12.1 Å². The molecule has 1 aliphatic heterocycles. The summed E-state index contributed by atoms with van der Waals surface area (Å²) in [5, 5.41) is 3.06. The van der Waals surface area contributed by atoms with Crippen molar-refractivity contribution in [2.45, 2.75) is 17.4 Å². The molecular formula is C12H18N2O4S2. The van der Waals surface area contributed by atoms with Gasteiger partial charge in [0.1, 0.15) is 0 Å². The first kappa shape index (κ1) is 15.4. The van der Waals surface area contributed by atoms with Crippen molar-refractivity contribution >= 4 is 19.9 Å². The quantitative estimate of drug-likeness (QED) is 0.705. The van der Waals surface area contributed by atoms with Gasteiger partial charge in [-0.1, -0.05) is 18.2 Å². The van der Waals surface area contributed by atoms with Crippen LogP contribution in [0.4, 0.5) is 0 Å². The van der Waals surface area contributed by atoms with Crippen LogP contribution in [0, 0.1) is 0 Å². The fourth-order valence-corrected chi connectivity index (χ4v) is 4.86. The molecule has 0 radical (unpaired) electrons. The van der Waals surface area contributed by atoms with Crippen LogP contribution in [0.25, 0.3) is 0 Å². The molecule has 0 amide bonds. The second-order valence-electron chi connectivity index (χ2n) is 4.76. The van der Waals surface area contributed by atoms with E-state index in [4.69, 9.17) is 0 Å². The molecule has 6 nitrogen and oxygen atoms in total. The van der Waals surface area contributed by atoms with Crippen LogP contribution in [0.3, 0.4) is 0 Å². The van der Waals surface area contributed by atoms with Gasteiger partial charge >= 0.3 is 0 Å². The fourth-order valence-electron chi connectivity index (χ4n) is 2.10. The Bertz CT molecular complexity index is 641. The highest BCUT2D eigenvalue weighted by molar-refractivity contribution is 7.91. The average molecular weight is 318 g/mol.